The fraction of sp³-hybridized carbons (Fsp3) is 0.846. The Kier molecular flexibility index (Phi) is 10.1. The Labute approximate surface area is 99.1 Å². The van der Waals surface area contributed by atoms with Gasteiger partial charge in [0.2, 0.25) is 5.70 Å². The van der Waals surface area contributed by atoms with Crippen molar-refractivity contribution in [1.82, 2.24) is 0 Å². The number of allylic oxidation sites excluding steroid dienone is 2. The Morgan fingerprint density at radius 3 is 2.25 bits per heavy atom. The average Bonchev–Trinajstić information content (AvgIpc) is 2.26. The first-order chi connectivity index (χ1) is 7.72. The molecule has 0 saturated heterocycles. The van der Waals surface area contributed by atoms with Crippen molar-refractivity contribution in [3.8, 4) is 0 Å². The summed E-state index contributed by atoms with van der Waals surface area (Å²) in [5.41, 5.74) is 0.423. The zero-order chi connectivity index (χ0) is 12.2. The van der Waals surface area contributed by atoms with Gasteiger partial charge in [-0.25, -0.2) is 0 Å². The normalized spacial score (nSPS) is 11.8. The number of unbranched alkanes of at least 4 members (excludes halogenated alkanes) is 6. The van der Waals surface area contributed by atoms with Gasteiger partial charge in [-0.05, 0) is 25.3 Å². The topological polar surface area (TPSA) is 43.1 Å². The van der Waals surface area contributed by atoms with Crippen LogP contribution in [-0.2, 0) is 0 Å². The lowest BCUT2D eigenvalue weighted by atomic mass is 10.1. The number of rotatable bonds is 10. The number of hydrogen-bond donors (Lipinski definition) is 0. The summed E-state index contributed by atoms with van der Waals surface area (Å²) in [4.78, 5) is 10.6. The van der Waals surface area contributed by atoms with Crippen molar-refractivity contribution in [2.24, 2.45) is 0 Å². The highest BCUT2D eigenvalue weighted by Crippen LogP contribution is 2.12. The molecule has 0 radical (unpaired) electrons. The first-order valence-corrected chi connectivity index (χ1v) is 6.55. The Balaban J connectivity index is 3.82. The highest BCUT2D eigenvalue weighted by atomic mass is 16.6. The van der Waals surface area contributed by atoms with Crippen LogP contribution in [0.2, 0.25) is 0 Å². The fourth-order valence-electron chi connectivity index (χ4n) is 1.66. The Morgan fingerprint density at radius 1 is 1.06 bits per heavy atom. The van der Waals surface area contributed by atoms with Crippen molar-refractivity contribution >= 4 is 0 Å². The van der Waals surface area contributed by atoms with Crippen LogP contribution in [0.25, 0.3) is 0 Å². The summed E-state index contributed by atoms with van der Waals surface area (Å²) >= 11 is 0. The van der Waals surface area contributed by atoms with Gasteiger partial charge in [0.05, 0.1) is 4.92 Å². The van der Waals surface area contributed by atoms with Crippen LogP contribution in [0.4, 0.5) is 0 Å². The second-order valence-corrected chi connectivity index (χ2v) is 4.26. The SMILES string of the molecule is CCCCCC=C(CCCCCC)[N+](=O)[O-]. The molecule has 0 unspecified atom stereocenters. The van der Waals surface area contributed by atoms with E-state index in [2.05, 4.69) is 13.8 Å². The average molecular weight is 227 g/mol. The molecule has 94 valence electrons. The Hall–Kier alpha value is -0.860. The fourth-order valence-corrected chi connectivity index (χ4v) is 1.66. The molecule has 3 nitrogen and oxygen atoms in total. The Morgan fingerprint density at radius 2 is 1.69 bits per heavy atom. The molecule has 0 atom stereocenters. The molecule has 3 heteroatoms. The predicted molar refractivity (Wildman–Crippen MR) is 68.0 cm³/mol. The maximum atomic E-state index is 10.8. The summed E-state index contributed by atoms with van der Waals surface area (Å²) in [5.74, 6) is 0. The molecule has 0 N–H and O–H groups in total. The molecular weight excluding hydrogens is 202 g/mol. The van der Waals surface area contributed by atoms with Crippen LogP contribution >= 0.6 is 0 Å². The van der Waals surface area contributed by atoms with Gasteiger partial charge in [-0.15, -0.1) is 0 Å². The lowest BCUT2D eigenvalue weighted by Crippen LogP contribution is -1.99. The quantitative estimate of drug-likeness (QED) is 0.308. The summed E-state index contributed by atoms with van der Waals surface area (Å²) in [6, 6.07) is 0. The van der Waals surface area contributed by atoms with E-state index in [1.165, 1.54) is 12.8 Å². The van der Waals surface area contributed by atoms with Crippen molar-refractivity contribution in [3.63, 3.8) is 0 Å². The van der Waals surface area contributed by atoms with Crippen LogP contribution in [0.5, 0.6) is 0 Å². The van der Waals surface area contributed by atoms with Gasteiger partial charge in [-0.2, -0.15) is 0 Å². The monoisotopic (exact) mass is 227 g/mol. The molecule has 0 aromatic heterocycles. The summed E-state index contributed by atoms with van der Waals surface area (Å²) in [7, 11) is 0. The van der Waals surface area contributed by atoms with Gasteiger partial charge in [-0.3, -0.25) is 10.1 Å². The third-order valence-corrected chi connectivity index (χ3v) is 2.71. The highest BCUT2D eigenvalue weighted by Gasteiger charge is 2.08. The molecule has 0 aliphatic rings. The van der Waals surface area contributed by atoms with E-state index in [0.717, 1.165) is 38.5 Å². The zero-order valence-corrected chi connectivity index (χ0v) is 10.7. The second kappa shape index (κ2) is 10.7. The van der Waals surface area contributed by atoms with Crippen LogP contribution in [0.3, 0.4) is 0 Å². The molecule has 16 heavy (non-hydrogen) atoms. The molecule has 0 fully saturated rings. The minimum absolute atomic E-state index is 0.210. The summed E-state index contributed by atoms with van der Waals surface area (Å²) < 4.78 is 0. The van der Waals surface area contributed by atoms with Gasteiger partial charge in [-0.1, -0.05) is 46.0 Å². The van der Waals surface area contributed by atoms with Crippen molar-refractivity contribution in [3.05, 3.63) is 21.9 Å². The van der Waals surface area contributed by atoms with E-state index in [9.17, 15) is 10.1 Å². The standard InChI is InChI=1S/C13H25NO2/c1-3-5-7-9-11-13(14(15)16)12-10-8-6-4-2/h11H,3-10,12H2,1-2H3. The first kappa shape index (κ1) is 15.1. The maximum absolute atomic E-state index is 10.8. The molecule has 0 heterocycles. The van der Waals surface area contributed by atoms with Crippen molar-refractivity contribution in [1.29, 1.82) is 0 Å². The molecule has 0 bridgehead atoms. The van der Waals surface area contributed by atoms with Crippen LogP contribution < -0.4 is 0 Å². The molecule has 0 aromatic rings. The molecule has 0 aromatic carbocycles. The Bertz CT molecular complexity index is 212. The van der Waals surface area contributed by atoms with E-state index in [1.807, 2.05) is 6.08 Å². The first-order valence-electron chi connectivity index (χ1n) is 6.55. The number of nitrogens with zero attached hydrogens (tertiary/aromatic N) is 1. The summed E-state index contributed by atoms with van der Waals surface area (Å²) in [6.07, 6.45) is 11.1. The predicted octanol–water partition coefficient (Wildman–Crippen LogP) is 4.70. The van der Waals surface area contributed by atoms with Gasteiger partial charge in [0.15, 0.2) is 0 Å². The minimum Gasteiger partial charge on any atom is -0.259 e. The van der Waals surface area contributed by atoms with Crippen LogP contribution in [0, 0.1) is 10.1 Å². The number of hydrogen-bond acceptors (Lipinski definition) is 2. The van der Waals surface area contributed by atoms with Gasteiger partial charge in [0.25, 0.3) is 0 Å². The smallest absolute Gasteiger partial charge is 0.242 e. The maximum Gasteiger partial charge on any atom is 0.242 e. The van der Waals surface area contributed by atoms with Gasteiger partial charge >= 0.3 is 0 Å². The summed E-state index contributed by atoms with van der Waals surface area (Å²) in [5, 5.41) is 10.8. The molecule has 0 spiro atoms. The van der Waals surface area contributed by atoms with E-state index in [-0.39, 0.29) is 4.92 Å². The molecule has 0 saturated carbocycles. The molecule has 0 aliphatic heterocycles. The highest BCUT2D eigenvalue weighted by molar-refractivity contribution is 4.91. The largest absolute Gasteiger partial charge is 0.259 e. The van der Waals surface area contributed by atoms with Crippen LogP contribution in [0.1, 0.15) is 71.6 Å². The van der Waals surface area contributed by atoms with Crippen LogP contribution in [0.15, 0.2) is 11.8 Å². The van der Waals surface area contributed by atoms with Crippen molar-refractivity contribution < 1.29 is 4.92 Å². The van der Waals surface area contributed by atoms with E-state index in [4.69, 9.17) is 0 Å². The molecule has 0 aliphatic carbocycles. The molecule has 0 rings (SSSR count). The molecule has 0 amide bonds. The van der Waals surface area contributed by atoms with E-state index in [0.29, 0.717) is 12.1 Å². The lowest BCUT2D eigenvalue weighted by Gasteiger charge is -1.99. The number of nitro groups is 1. The van der Waals surface area contributed by atoms with E-state index in [1.54, 1.807) is 0 Å². The second-order valence-electron chi connectivity index (χ2n) is 4.26. The van der Waals surface area contributed by atoms with Crippen LogP contribution in [-0.4, -0.2) is 4.92 Å². The molecular formula is C13H25NO2. The summed E-state index contributed by atoms with van der Waals surface area (Å²) in [6.45, 7) is 4.29. The van der Waals surface area contributed by atoms with Gasteiger partial charge in [0, 0.05) is 6.42 Å². The van der Waals surface area contributed by atoms with Gasteiger partial charge < -0.3 is 0 Å². The van der Waals surface area contributed by atoms with Crippen molar-refractivity contribution in [2.45, 2.75) is 71.6 Å². The zero-order valence-electron chi connectivity index (χ0n) is 10.7. The lowest BCUT2D eigenvalue weighted by molar-refractivity contribution is -0.428. The van der Waals surface area contributed by atoms with E-state index >= 15 is 0 Å². The minimum atomic E-state index is -0.210. The third-order valence-electron chi connectivity index (χ3n) is 2.71. The van der Waals surface area contributed by atoms with Crippen molar-refractivity contribution in [2.75, 3.05) is 0 Å². The van der Waals surface area contributed by atoms with E-state index < -0.39 is 0 Å². The van der Waals surface area contributed by atoms with Gasteiger partial charge in [0.1, 0.15) is 0 Å². The third kappa shape index (κ3) is 8.45.